The third-order valence-electron chi connectivity index (χ3n) is 3.07. The lowest BCUT2D eigenvalue weighted by Gasteiger charge is -2.21. The highest BCUT2D eigenvalue weighted by Crippen LogP contribution is 2.36. The first-order chi connectivity index (χ1) is 9.43. The summed E-state index contributed by atoms with van der Waals surface area (Å²) in [6.45, 7) is 0. The molecule has 0 saturated carbocycles. The van der Waals surface area contributed by atoms with Gasteiger partial charge in [0.15, 0.2) is 0 Å². The lowest BCUT2D eigenvalue weighted by atomic mass is 9.94. The van der Waals surface area contributed by atoms with Crippen molar-refractivity contribution in [1.82, 2.24) is 5.32 Å². The minimum atomic E-state index is -4.36. The van der Waals surface area contributed by atoms with Crippen molar-refractivity contribution < 1.29 is 13.2 Å². The highest BCUT2D eigenvalue weighted by atomic mass is 79.9. The fourth-order valence-corrected chi connectivity index (χ4v) is 2.43. The zero-order chi connectivity index (χ0) is 14.8. The zero-order valence-electron chi connectivity index (χ0n) is 10.7. The SMILES string of the molecule is CNC(c1ccc(Br)cc1)c1ccccc1C(F)(F)F. The van der Waals surface area contributed by atoms with E-state index in [-0.39, 0.29) is 5.56 Å². The maximum Gasteiger partial charge on any atom is 0.416 e. The molecule has 1 N–H and O–H groups in total. The van der Waals surface area contributed by atoms with Crippen LogP contribution in [-0.4, -0.2) is 7.05 Å². The monoisotopic (exact) mass is 343 g/mol. The number of hydrogen-bond donors (Lipinski definition) is 1. The van der Waals surface area contributed by atoms with Crippen LogP contribution in [0.3, 0.4) is 0 Å². The summed E-state index contributed by atoms with van der Waals surface area (Å²) >= 11 is 3.32. The van der Waals surface area contributed by atoms with Gasteiger partial charge in [-0.15, -0.1) is 0 Å². The van der Waals surface area contributed by atoms with Gasteiger partial charge in [0.2, 0.25) is 0 Å². The number of alkyl halides is 3. The van der Waals surface area contributed by atoms with Crippen LogP contribution in [0.15, 0.2) is 53.0 Å². The fraction of sp³-hybridized carbons (Fsp3) is 0.200. The van der Waals surface area contributed by atoms with Crippen molar-refractivity contribution in [2.24, 2.45) is 0 Å². The van der Waals surface area contributed by atoms with Crippen LogP contribution in [0.4, 0.5) is 13.2 Å². The number of rotatable bonds is 3. The average molecular weight is 344 g/mol. The summed E-state index contributed by atoms with van der Waals surface area (Å²) < 4.78 is 40.2. The molecule has 1 atom stereocenters. The van der Waals surface area contributed by atoms with Crippen LogP contribution in [-0.2, 0) is 6.18 Å². The molecule has 2 aromatic carbocycles. The van der Waals surface area contributed by atoms with Crippen molar-refractivity contribution in [2.75, 3.05) is 7.05 Å². The summed E-state index contributed by atoms with van der Waals surface area (Å²) in [7, 11) is 1.65. The van der Waals surface area contributed by atoms with Gasteiger partial charge >= 0.3 is 6.18 Å². The van der Waals surface area contributed by atoms with Crippen LogP contribution < -0.4 is 5.32 Å². The highest BCUT2D eigenvalue weighted by Gasteiger charge is 2.34. The van der Waals surface area contributed by atoms with Crippen LogP contribution >= 0.6 is 15.9 Å². The summed E-state index contributed by atoms with van der Waals surface area (Å²) in [4.78, 5) is 0. The molecule has 0 aliphatic heterocycles. The molecule has 20 heavy (non-hydrogen) atoms. The molecular weight excluding hydrogens is 331 g/mol. The van der Waals surface area contributed by atoms with E-state index in [4.69, 9.17) is 0 Å². The summed E-state index contributed by atoms with van der Waals surface area (Å²) in [5.74, 6) is 0. The Balaban J connectivity index is 2.50. The normalized spacial score (nSPS) is 13.2. The molecule has 1 unspecified atom stereocenters. The van der Waals surface area contributed by atoms with E-state index in [1.54, 1.807) is 25.2 Å². The van der Waals surface area contributed by atoms with Gasteiger partial charge in [-0.2, -0.15) is 13.2 Å². The molecule has 0 heterocycles. The van der Waals surface area contributed by atoms with E-state index in [2.05, 4.69) is 21.2 Å². The van der Waals surface area contributed by atoms with Crippen molar-refractivity contribution in [1.29, 1.82) is 0 Å². The molecule has 0 amide bonds. The quantitative estimate of drug-likeness (QED) is 0.845. The zero-order valence-corrected chi connectivity index (χ0v) is 12.3. The van der Waals surface area contributed by atoms with Crippen molar-refractivity contribution in [3.8, 4) is 0 Å². The lowest BCUT2D eigenvalue weighted by Crippen LogP contribution is -2.21. The first-order valence-corrected chi connectivity index (χ1v) is 6.81. The minimum absolute atomic E-state index is 0.227. The number of halogens is 4. The van der Waals surface area contributed by atoms with Crippen molar-refractivity contribution >= 4 is 15.9 Å². The van der Waals surface area contributed by atoms with Crippen molar-refractivity contribution in [2.45, 2.75) is 12.2 Å². The van der Waals surface area contributed by atoms with Crippen LogP contribution in [0.5, 0.6) is 0 Å². The Morgan fingerprint density at radius 2 is 1.60 bits per heavy atom. The van der Waals surface area contributed by atoms with Gasteiger partial charge in [0.05, 0.1) is 11.6 Å². The Hall–Kier alpha value is -1.33. The van der Waals surface area contributed by atoms with E-state index in [0.717, 1.165) is 16.1 Å². The first-order valence-electron chi connectivity index (χ1n) is 6.02. The molecule has 0 aromatic heterocycles. The first kappa shape index (κ1) is 15.1. The predicted octanol–water partition coefficient (Wildman–Crippen LogP) is 4.78. The van der Waals surface area contributed by atoms with Crippen LogP contribution in [0.1, 0.15) is 22.7 Å². The van der Waals surface area contributed by atoms with E-state index < -0.39 is 17.8 Å². The minimum Gasteiger partial charge on any atom is -0.309 e. The topological polar surface area (TPSA) is 12.0 Å². The van der Waals surface area contributed by atoms with Gasteiger partial charge in [0, 0.05) is 4.47 Å². The van der Waals surface area contributed by atoms with E-state index in [9.17, 15) is 13.2 Å². The van der Waals surface area contributed by atoms with Crippen molar-refractivity contribution in [3.63, 3.8) is 0 Å². The van der Waals surface area contributed by atoms with E-state index in [1.165, 1.54) is 12.1 Å². The lowest BCUT2D eigenvalue weighted by molar-refractivity contribution is -0.138. The van der Waals surface area contributed by atoms with E-state index in [0.29, 0.717) is 0 Å². The number of hydrogen-bond acceptors (Lipinski definition) is 1. The third kappa shape index (κ3) is 3.22. The molecule has 0 spiro atoms. The molecule has 0 saturated heterocycles. The van der Waals surface area contributed by atoms with Crippen molar-refractivity contribution in [3.05, 3.63) is 69.7 Å². The molecule has 0 radical (unpaired) electrons. The molecule has 1 nitrogen and oxygen atoms in total. The second-order valence-corrected chi connectivity index (χ2v) is 5.27. The molecule has 106 valence electrons. The van der Waals surface area contributed by atoms with Gasteiger partial charge < -0.3 is 5.32 Å². The maximum atomic E-state index is 13.1. The molecule has 0 aliphatic carbocycles. The standard InChI is InChI=1S/C15H13BrF3N/c1-20-14(10-6-8-11(16)9-7-10)12-4-2-3-5-13(12)15(17,18)19/h2-9,14,20H,1H3. The van der Waals surface area contributed by atoms with Crippen LogP contribution in [0.25, 0.3) is 0 Å². The highest BCUT2D eigenvalue weighted by molar-refractivity contribution is 9.10. The second kappa shape index (κ2) is 5.97. The molecule has 5 heteroatoms. The summed E-state index contributed by atoms with van der Waals surface area (Å²) in [5, 5.41) is 2.95. The predicted molar refractivity (Wildman–Crippen MR) is 76.5 cm³/mol. The van der Waals surface area contributed by atoms with Crippen LogP contribution in [0, 0.1) is 0 Å². The molecule has 2 aromatic rings. The Bertz CT molecular complexity index is 578. The summed E-state index contributed by atoms with van der Waals surface area (Å²) in [6.07, 6.45) is -4.36. The molecule has 0 bridgehead atoms. The Kier molecular flexibility index (Phi) is 4.50. The fourth-order valence-electron chi connectivity index (χ4n) is 2.16. The van der Waals surface area contributed by atoms with Gasteiger partial charge in [-0.3, -0.25) is 0 Å². The van der Waals surface area contributed by atoms with Crippen LogP contribution in [0.2, 0.25) is 0 Å². The maximum absolute atomic E-state index is 13.1. The van der Waals surface area contributed by atoms with Gasteiger partial charge in [-0.05, 0) is 36.4 Å². The summed E-state index contributed by atoms with van der Waals surface area (Å²) in [5.41, 5.74) is 0.402. The smallest absolute Gasteiger partial charge is 0.309 e. The van der Waals surface area contributed by atoms with E-state index >= 15 is 0 Å². The average Bonchev–Trinajstić information content (AvgIpc) is 2.41. The number of benzene rings is 2. The molecular formula is C15H13BrF3N. The van der Waals surface area contributed by atoms with Gasteiger partial charge in [0.1, 0.15) is 0 Å². The Morgan fingerprint density at radius 3 is 2.15 bits per heavy atom. The second-order valence-electron chi connectivity index (χ2n) is 4.36. The Morgan fingerprint density at radius 1 is 1.00 bits per heavy atom. The summed E-state index contributed by atoms with van der Waals surface area (Å²) in [6, 6.07) is 12.4. The molecule has 0 fully saturated rings. The third-order valence-corrected chi connectivity index (χ3v) is 3.60. The Labute approximate surface area is 123 Å². The van der Waals surface area contributed by atoms with Gasteiger partial charge in [0.25, 0.3) is 0 Å². The number of nitrogens with one attached hydrogen (secondary N) is 1. The molecule has 2 rings (SSSR count). The van der Waals surface area contributed by atoms with Gasteiger partial charge in [-0.25, -0.2) is 0 Å². The largest absolute Gasteiger partial charge is 0.416 e. The van der Waals surface area contributed by atoms with Gasteiger partial charge in [-0.1, -0.05) is 46.3 Å². The molecule has 0 aliphatic rings. The van der Waals surface area contributed by atoms with E-state index in [1.807, 2.05) is 12.1 Å².